The van der Waals surface area contributed by atoms with Crippen LogP contribution in [-0.2, 0) is 9.79 Å². The molecule has 1 saturated heterocycles. The highest BCUT2D eigenvalue weighted by molar-refractivity contribution is 7.80. The van der Waals surface area contributed by atoms with Gasteiger partial charge in [0, 0.05) is 18.7 Å². The Labute approximate surface area is 101 Å². The lowest BCUT2D eigenvalue weighted by Gasteiger charge is -2.24. The lowest BCUT2D eigenvalue weighted by Crippen LogP contribution is -2.40. The Morgan fingerprint density at radius 3 is 2.88 bits per heavy atom. The summed E-state index contributed by atoms with van der Waals surface area (Å²) < 4.78 is 6.39. The Bertz CT molecular complexity index is 527. The number of thiol groups is 1. The Morgan fingerprint density at radius 2 is 2.35 bits per heavy atom. The van der Waals surface area contributed by atoms with Crippen LogP contribution in [0.15, 0.2) is 21.9 Å². The molecule has 94 valence electrons. The molecule has 3 atom stereocenters. The first-order valence-electron chi connectivity index (χ1n) is 4.98. The summed E-state index contributed by atoms with van der Waals surface area (Å²) >= 11 is 4.19. The fraction of sp³-hybridized carbons (Fsp3) is 0.556. The molecule has 0 bridgehead atoms. The van der Waals surface area contributed by atoms with Crippen molar-refractivity contribution in [1.82, 2.24) is 9.55 Å². The van der Waals surface area contributed by atoms with Gasteiger partial charge in [-0.15, -0.1) is 12.6 Å². The summed E-state index contributed by atoms with van der Waals surface area (Å²) in [4.78, 5) is 24.6. The van der Waals surface area contributed by atoms with E-state index in [9.17, 15) is 14.7 Å². The van der Waals surface area contributed by atoms with Crippen molar-refractivity contribution in [3.05, 3.63) is 33.1 Å². The molecule has 0 saturated carbocycles. The maximum Gasteiger partial charge on any atom is 0.331 e. The number of aromatic nitrogens is 2. The number of nitrogens with zero attached hydrogens (tertiary/aromatic N) is 1. The van der Waals surface area contributed by atoms with Gasteiger partial charge in [-0.3, -0.25) is 14.3 Å². The van der Waals surface area contributed by atoms with Crippen molar-refractivity contribution in [3.8, 4) is 0 Å². The molecule has 8 heteroatoms. The molecule has 17 heavy (non-hydrogen) atoms. The molecule has 1 aromatic heterocycles. The molecule has 7 nitrogen and oxygen atoms in total. The average Bonchev–Trinajstić information content (AvgIpc) is 2.54. The third kappa shape index (κ3) is 2.16. The van der Waals surface area contributed by atoms with Crippen LogP contribution in [0.1, 0.15) is 6.42 Å². The second-order valence-electron chi connectivity index (χ2n) is 3.83. The van der Waals surface area contributed by atoms with Crippen molar-refractivity contribution in [2.45, 2.75) is 23.7 Å². The molecular formula is C9H12N2O5S. The standard InChI is InChI=1S/C9H12N2O5S/c12-4-6-5(13)3-9(17,16-6)11-2-1-7(14)10-8(11)15/h1-2,5-6,12-13,17H,3-4H2,(H,10,14,15)/t5-,6+,9-/m0/s1. The molecule has 2 heterocycles. The number of ether oxygens (including phenoxy) is 1. The number of aromatic amines is 1. The molecule has 1 aliphatic heterocycles. The number of rotatable bonds is 2. The van der Waals surface area contributed by atoms with Gasteiger partial charge in [-0.2, -0.15) is 0 Å². The van der Waals surface area contributed by atoms with Gasteiger partial charge < -0.3 is 14.9 Å². The molecule has 0 aliphatic carbocycles. The zero-order valence-corrected chi connectivity index (χ0v) is 9.63. The lowest BCUT2D eigenvalue weighted by molar-refractivity contribution is -0.0635. The summed E-state index contributed by atoms with van der Waals surface area (Å²) in [5.74, 6) is 0. The van der Waals surface area contributed by atoms with Crippen molar-refractivity contribution in [2.75, 3.05) is 6.61 Å². The average molecular weight is 260 g/mol. The van der Waals surface area contributed by atoms with Gasteiger partial charge in [0.25, 0.3) is 5.56 Å². The summed E-state index contributed by atoms with van der Waals surface area (Å²) in [6, 6.07) is 1.15. The van der Waals surface area contributed by atoms with Gasteiger partial charge in [-0.05, 0) is 0 Å². The van der Waals surface area contributed by atoms with E-state index in [1.54, 1.807) is 0 Å². The van der Waals surface area contributed by atoms with E-state index < -0.39 is 28.5 Å². The van der Waals surface area contributed by atoms with Crippen LogP contribution < -0.4 is 11.2 Å². The van der Waals surface area contributed by atoms with E-state index >= 15 is 0 Å². The molecule has 0 spiro atoms. The second-order valence-corrected chi connectivity index (χ2v) is 4.53. The van der Waals surface area contributed by atoms with Crippen molar-refractivity contribution >= 4 is 12.6 Å². The van der Waals surface area contributed by atoms with Gasteiger partial charge in [0.15, 0.2) is 5.06 Å². The zero-order chi connectivity index (χ0) is 12.6. The highest BCUT2D eigenvalue weighted by Gasteiger charge is 2.45. The van der Waals surface area contributed by atoms with Crippen LogP contribution in [0, 0.1) is 0 Å². The first kappa shape index (κ1) is 12.4. The highest BCUT2D eigenvalue weighted by atomic mass is 32.1. The van der Waals surface area contributed by atoms with Gasteiger partial charge in [0.1, 0.15) is 6.10 Å². The second kappa shape index (κ2) is 4.30. The van der Waals surface area contributed by atoms with E-state index in [2.05, 4.69) is 17.6 Å². The molecule has 2 rings (SSSR count). The third-order valence-electron chi connectivity index (χ3n) is 2.62. The summed E-state index contributed by atoms with van der Waals surface area (Å²) in [5.41, 5.74) is -1.21. The van der Waals surface area contributed by atoms with Crippen molar-refractivity contribution in [1.29, 1.82) is 0 Å². The van der Waals surface area contributed by atoms with E-state index in [-0.39, 0.29) is 13.0 Å². The normalized spacial score (nSPS) is 32.9. The number of hydrogen-bond donors (Lipinski definition) is 4. The van der Waals surface area contributed by atoms with Crippen molar-refractivity contribution in [2.24, 2.45) is 0 Å². The van der Waals surface area contributed by atoms with Crippen LogP contribution >= 0.6 is 12.6 Å². The van der Waals surface area contributed by atoms with Gasteiger partial charge in [-0.1, -0.05) is 0 Å². The Morgan fingerprint density at radius 1 is 1.65 bits per heavy atom. The molecule has 1 aromatic rings. The first-order valence-corrected chi connectivity index (χ1v) is 5.42. The first-order chi connectivity index (χ1) is 7.96. The minimum absolute atomic E-state index is 0.0350. The number of nitrogens with one attached hydrogen (secondary N) is 1. The Kier molecular flexibility index (Phi) is 3.13. The molecule has 0 radical (unpaired) electrons. The summed E-state index contributed by atoms with van der Waals surface area (Å²) in [5, 5.41) is 17.2. The highest BCUT2D eigenvalue weighted by Crippen LogP contribution is 2.36. The maximum atomic E-state index is 11.6. The quantitative estimate of drug-likeness (QED) is 0.471. The molecule has 0 unspecified atom stereocenters. The van der Waals surface area contributed by atoms with Gasteiger partial charge >= 0.3 is 5.69 Å². The molecule has 0 amide bonds. The minimum Gasteiger partial charge on any atom is -0.394 e. The predicted octanol–water partition coefficient (Wildman–Crippen LogP) is -1.78. The Hall–Kier alpha value is -1.09. The number of H-pyrrole nitrogens is 1. The Balaban J connectivity index is 2.40. The molecule has 1 fully saturated rings. The molecule has 0 aromatic carbocycles. The number of hydrogen-bond acceptors (Lipinski definition) is 6. The smallest absolute Gasteiger partial charge is 0.331 e. The number of aliphatic hydroxyl groups is 2. The van der Waals surface area contributed by atoms with Crippen LogP contribution in [0.3, 0.4) is 0 Å². The van der Waals surface area contributed by atoms with Crippen molar-refractivity contribution in [3.63, 3.8) is 0 Å². The topological polar surface area (TPSA) is 105 Å². The van der Waals surface area contributed by atoms with Gasteiger partial charge in [0.05, 0.1) is 12.7 Å². The zero-order valence-electron chi connectivity index (χ0n) is 8.74. The van der Waals surface area contributed by atoms with Crippen LogP contribution in [0.4, 0.5) is 0 Å². The summed E-state index contributed by atoms with van der Waals surface area (Å²) in [6.45, 7) is -0.373. The SMILES string of the molecule is O=c1ccn([C@@]2(S)C[C@H](O)[C@@H](CO)O2)c(=O)[nH]1. The largest absolute Gasteiger partial charge is 0.394 e. The van der Waals surface area contributed by atoms with Crippen LogP contribution in [0.25, 0.3) is 0 Å². The van der Waals surface area contributed by atoms with E-state index in [4.69, 9.17) is 9.84 Å². The van der Waals surface area contributed by atoms with E-state index in [0.29, 0.717) is 0 Å². The maximum absolute atomic E-state index is 11.6. The number of aliphatic hydroxyl groups excluding tert-OH is 2. The fourth-order valence-corrected chi connectivity index (χ4v) is 2.26. The van der Waals surface area contributed by atoms with Gasteiger partial charge in [0.2, 0.25) is 0 Å². The van der Waals surface area contributed by atoms with Crippen LogP contribution in [-0.4, -0.2) is 38.6 Å². The summed E-state index contributed by atoms with van der Waals surface area (Å²) in [6.07, 6.45) is -0.448. The van der Waals surface area contributed by atoms with Crippen LogP contribution in [0.2, 0.25) is 0 Å². The predicted molar refractivity (Wildman–Crippen MR) is 60.9 cm³/mol. The fourth-order valence-electron chi connectivity index (χ4n) is 1.78. The monoisotopic (exact) mass is 260 g/mol. The van der Waals surface area contributed by atoms with E-state index in [1.165, 1.54) is 6.20 Å². The lowest BCUT2D eigenvalue weighted by atomic mass is 10.2. The van der Waals surface area contributed by atoms with E-state index in [1.807, 2.05) is 0 Å². The minimum atomic E-state index is -1.37. The van der Waals surface area contributed by atoms with Crippen molar-refractivity contribution < 1.29 is 14.9 Å². The summed E-state index contributed by atoms with van der Waals surface area (Å²) in [7, 11) is 0. The third-order valence-corrected chi connectivity index (χ3v) is 3.13. The van der Waals surface area contributed by atoms with Crippen LogP contribution in [0.5, 0.6) is 0 Å². The molecule has 1 aliphatic rings. The molecular weight excluding hydrogens is 248 g/mol. The molecule has 3 N–H and O–H groups in total. The van der Waals surface area contributed by atoms with Gasteiger partial charge in [-0.25, -0.2) is 4.79 Å². The van der Waals surface area contributed by atoms with E-state index in [0.717, 1.165) is 10.6 Å².